The minimum absolute atomic E-state index is 0.156. The maximum Gasteiger partial charge on any atom is 0.107 e. The van der Waals surface area contributed by atoms with Crippen molar-refractivity contribution in [3.63, 3.8) is 0 Å². The predicted octanol–water partition coefficient (Wildman–Crippen LogP) is 3.38. The highest BCUT2D eigenvalue weighted by Crippen LogP contribution is 2.49. The van der Waals surface area contributed by atoms with Gasteiger partial charge in [0, 0.05) is 18.0 Å². The Bertz CT molecular complexity index is 369. The third-order valence-electron chi connectivity index (χ3n) is 3.47. The molecule has 1 N–H and O–H groups in total. The van der Waals surface area contributed by atoms with Crippen LogP contribution in [0.2, 0.25) is 0 Å². The van der Waals surface area contributed by atoms with Gasteiger partial charge < -0.3 is 0 Å². The molecule has 0 aromatic rings. The molecule has 0 aliphatic heterocycles. The second-order valence-corrected chi connectivity index (χ2v) is 6.93. The third kappa shape index (κ3) is 3.90. The molecule has 1 aliphatic rings. The molecule has 18 heavy (non-hydrogen) atoms. The summed E-state index contributed by atoms with van der Waals surface area (Å²) in [5, 5.41) is 16.4. The lowest BCUT2D eigenvalue weighted by atomic mass is 9.59. The van der Waals surface area contributed by atoms with Crippen LogP contribution in [-0.2, 0) is 0 Å². The zero-order valence-corrected chi connectivity index (χ0v) is 11.8. The number of rotatable bonds is 4. The first-order valence-electron chi connectivity index (χ1n) is 6.41. The number of nitriles is 1. The molecular formula is C13H23N5. The Kier molecular flexibility index (Phi) is 4.26. The summed E-state index contributed by atoms with van der Waals surface area (Å²) < 4.78 is 0. The van der Waals surface area contributed by atoms with Crippen LogP contribution in [0.25, 0.3) is 10.4 Å². The number of nitrogens with zero attached hydrogens (tertiary/aromatic N) is 4. The van der Waals surface area contributed by atoms with E-state index >= 15 is 0 Å². The molecule has 0 saturated heterocycles. The van der Waals surface area contributed by atoms with Gasteiger partial charge in [-0.3, -0.25) is 5.32 Å². The zero-order valence-electron chi connectivity index (χ0n) is 11.8. The normalized spacial score (nSPS) is 23.7. The first kappa shape index (κ1) is 14.8. The van der Waals surface area contributed by atoms with E-state index in [0.717, 1.165) is 19.3 Å². The van der Waals surface area contributed by atoms with Crippen molar-refractivity contribution in [1.82, 2.24) is 5.32 Å². The van der Waals surface area contributed by atoms with Gasteiger partial charge in [-0.2, -0.15) is 5.26 Å². The summed E-state index contributed by atoms with van der Waals surface area (Å²) in [6.07, 6.45) is 2.81. The fraction of sp³-hybridized carbons (Fsp3) is 0.923. The van der Waals surface area contributed by atoms with Crippen molar-refractivity contribution in [3.05, 3.63) is 10.4 Å². The van der Waals surface area contributed by atoms with Gasteiger partial charge >= 0.3 is 0 Å². The van der Waals surface area contributed by atoms with Gasteiger partial charge in [-0.1, -0.05) is 32.8 Å². The van der Waals surface area contributed by atoms with Gasteiger partial charge in [-0.05, 0) is 35.6 Å². The predicted molar refractivity (Wildman–Crippen MR) is 71.8 cm³/mol. The minimum atomic E-state index is -0.490. The standard InChI is InChI=1S/C13H23N5/c1-11(2)7-12(3,4)9-13(8-11,10-14)16-5-6-17-18-15/h16H,5-9H2,1-4H3. The van der Waals surface area contributed by atoms with Gasteiger partial charge in [0.15, 0.2) is 0 Å². The van der Waals surface area contributed by atoms with Gasteiger partial charge in [-0.15, -0.1) is 0 Å². The largest absolute Gasteiger partial charge is 0.299 e. The van der Waals surface area contributed by atoms with Crippen molar-refractivity contribution >= 4 is 0 Å². The molecule has 1 rings (SSSR count). The lowest BCUT2D eigenvalue weighted by Crippen LogP contribution is -2.54. The highest BCUT2D eigenvalue weighted by molar-refractivity contribution is 5.14. The molecule has 0 bridgehead atoms. The van der Waals surface area contributed by atoms with E-state index in [2.05, 4.69) is 49.1 Å². The van der Waals surface area contributed by atoms with Crippen LogP contribution in [-0.4, -0.2) is 18.6 Å². The maximum atomic E-state index is 9.55. The molecule has 0 heterocycles. The van der Waals surface area contributed by atoms with Gasteiger partial charge in [0.1, 0.15) is 5.54 Å². The Labute approximate surface area is 109 Å². The van der Waals surface area contributed by atoms with Crippen LogP contribution in [0.3, 0.4) is 0 Å². The Morgan fingerprint density at radius 1 is 1.22 bits per heavy atom. The molecule has 1 saturated carbocycles. The van der Waals surface area contributed by atoms with E-state index in [1.807, 2.05) is 0 Å². The van der Waals surface area contributed by atoms with Crippen molar-refractivity contribution in [1.29, 1.82) is 5.26 Å². The molecule has 0 aromatic carbocycles. The Morgan fingerprint density at radius 2 is 1.78 bits per heavy atom. The van der Waals surface area contributed by atoms with Crippen LogP contribution in [0.1, 0.15) is 47.0 Å². The number of azide groups is 1. The molecule has 0 amide bonds. The Balaban J connectivity index is 2.79. The van der Waals surface area contributed by atoms with E-state index in [4.69, 9.17) is 5.53 Å². The van der Waals surface area contributed by atoms with E-state index in [-0.39, 0.29) is 10.8 Å². The topological polar surface area (TPSA) is 84.6 Å². The SMILES string of the molecule is CC1(C)CC(C)(C)CC(C#N)(NCCN=[N+]=[N-])C1. The zero-order chi connectivity index (χ0) is 13.9. The third-order valence-corrected chi connectivity index (χ3v) is 3.47. The minimum Gasteiger partial charge on any atom is -0.299 e. The Hall–Kier alpha value is -1.24. The fourth-order valence-corrected chi connectivity index (χ4v) is 3.75. The average Bonchev–Trinajstić information content (AvgIpc) is 2.20. The van der Waals surface area contributed by atoms with Gasteiger partial charge in [0.05, 0.1) is 6.07 Å². The first-order chi connectivity index (χ1) is 8.24. The summed E-state index contributed by atoms with van der Waals surface area (Å²) in [4.78, 5) is 2.73. The first-order valence-corrected chi connectivity index (χ1v) is 6.41. The summed E-state index contributed by atoms with van der Waals surface area (Å²) >= 11 is 0. The summed E-state index contributed by atoms with van der Waals surface area (Å²) in [7, 11) is 0. The summed E-state index contributed by atoms with van der Waals surface area (Å²) in [6.45, 7) is 9.82. The summed E-state index contributed by atoms with van der Waals surface area (Å²) in [6, 6.07) is 2.46. The van der Waals surface area contributed by atoms with Gasteiger partial charge in [0.2, 0.25) is 0 Å². The van der Waals surface area contributed by atoms with E-state index in [1.54, 1.807) is 0 Å². The molecule has 1 fully saturated rings. The monoisotopic (exact) mass is 249 g/mol. The van der Waals surface area contributed by atoms with Crippen molar-refractivity contribution in [2.45, 2.75) is 52.5 Å². The van der Waals surface area contributed by atoms with E-state index < -0.39 is 5.54 Å². The van der Waals surface area contributed by atoms with E-state index in [0.29, 0.717) is 13.1 Å². The number of nitrogens with one attached hydrogen (secondary N) is 1. The lowest BCUT2D eigenvalue weighted by molar-refractivity contribution is 0.0559. The molecular weight excluding hydrogens is 226 g/mol. The van der Waals surface area contributed by atoms with Crippen LogP contribution < -0.4 is 5.32 Å². The fourth-order valence-electron chi connectivity index (χ4n) is 3.75. The highest BCUT2D eigenvalue weighted by atomic mass is 15.1. The maximum absolute atomic E-state index is 9.55. The lowest BCUT2D eigenvalue weighted by Gasteiger charge is -2.49. The molecule has 0 spiro atoms. The summed E-state index contributed by atoms with van der Waals surface area (Å²) in [5.41, 5.74) is 8.08. The van der Waals surface area contributed by atoms with Gasteiger partial charge in [-0.25, -0.2) is 0 Å². The van der Waals surface area contributed by atoms with Crippen molar-refractivity contribution in [3.8, 4) is 6.07 Å². The molecule has 1 aliphatic carbocycles. The molecule has 5 nitrogen and oxygen atoms in total. The smallest absolute Gasteiger partial charge is 0.107 e. The average molecular weight is 249 g/mol. The van der Waals surface area contributed by atoms with Gasteiger partial charge in [0.25, 0.3) is 0 Å². The molecule has 100 valence electrons. The molecule has 0 atom stereocenters. The number of hydrogen-bond acceptors (Lipinski definition) is 3. The van der Waals surface area contributed by atoms with Crippen LogP contribution in [0.5, 0.6) is 0 Å². The van der Waals surface area contributed by atoms with Crippen LogP contribution in [0, 0.1) is 22.2 Å². The summed E-state index contributed by atoms with van der Waals surface area (Å²) in [5.74, 6) is 0. The van der Waals surface area contributed by atoms with E-state index in [9.17, 15) is 5.26 Å². The van der Waals surface area contributed by atoms with Crippen molar-refractivity contribution in [2.24, 2.45) is 15.9 Å². The quantitative estimate of drug-likeness (QED) is 0.358. The molecule has 0 aromatic heterocycles. The van der Waals surface area contributed by atoms with Crippen LogP contribution >= 0.6 is 0 Å². The molecule has 0 radical (unpaired) electrons. The van der Waals surface area contributed by atoms with Crippen LogP contribution in [0.15, 0.2) is 5.11 Å². The highest BCUT2D eigenvalue weighted by Gasteiger charge is 2.47. The second kappa shape index (κ2) is 5.17. The molecule has 5 heteroatoms. The molecule has 0 unspecified atom stereocenters. The van der Waals surface area contributed by atoms with Crippen molar-refractivity contribution in [2.75, 3.05) is 13.1 Å². The Morgan fingerprint density at radius 3 is 2.22 bits per heavy atom. The van der Waals surface area contributed by atoms with Crippen molar-refractivity contribution < 1.29 is 0 Å². The second-order valence-electron chi connectivity index (χ2n) is 6.93. The number of hydrogen-bond donors (Lipinski definition) is 1. The van der Waals surface area contributed by atoms with E-state index in [1.165, 1.54) is 0 Å². The van der Waals surface area contributed by atoms with Crippen LogP contribution in [0.4, 0.5) is 0 Å².